The first-order valence-corrected chi connectivity index (χ1v) is 5.56. The van der Waals surface area contributed by atoms with Crippen molar-refractivity contribution in [2.75, 3.05) is 0 Å². The third-order valence-electron chi connectivity index (χ3n) is 2.23. The molecule has 1 rings (SSSR count). The van der Waals surface area contributed by atoms with Crippen molar-refractivity contribution in [2.24, 2.45) is 5.73 Å². The van der Waals surface area contributed by atoms with Gasteiger partial charge < -0.3 is 11.1 Å². The first-order chi connectivity index (χ1) is 5.20. The van der Waals surface area contributed by atoms with Crippen LogP contribution >= 0.6 is 18.5 Å². The average Bonchev–Trinajstić information content (AvgIpc) is 1.93. The summed E-state index contributed by atoms with van der Waals surface area (Å²) in [4.78, 5) is 0. The van der Waals surface area contributed by atoms with Gasteiger partial charge in [-0.3, -0.25) is 0 Å². The van der Waals surface area contributed by atoms with Crippen LogP contribution in [0.15, 0.2) is 0 Å². The lowest BCUT2D eigenvalue weighted by molar-refractivity contribution is 0.337. The standard InChI is InChI=1S/C7H18N2P2/c8-5-3-1-2-4-6(5)9-7(10)11/h5-7,9H,1-4,8,10-11H2. The van der Waals surface area contributed by atoms with Crippen LogP contribution in [0.5, 0.6) is 0 Å². The fraction of sp³-hybridized carbons (Fsp3) is 1.00. The summed E-state index contributed by atoms with van der Waals surface area (Å²) < 4.78 is 0. The maximum absolute atomic E-state index is 5.95. The van der Waals surface area contributed by atoms with Crippen LogP contribution in [-0.2, 0) is 0 Å². The molecule has 0 aromatic rings. The molecule has 0 saturated heterocycles. The van der Waals surface area contributed by atoms with Gasteiger partial charge in [-0.25, -0.2) is 0 Å². The van der Waals surface area contributed by atoms with Gasteiger partial charge in [0.15, 0.2) is 0 Å². The molecule has 0 aromatic carbocycles. The van der Waals surface area contributed by atoms with E-state index >= 15 is 0 Å². The SMILES string of the molecule is NC1CCCCC1NC(P)P. The Hall–Kier alpha value is 0.780. The summed E-state index contributed by atoms with van der Waals surface area (Å²) in [7, 11) is 5.44. The number of rotatable bonds is 2. The summed E-state index contributed by atoms with van der Waals surface area (Å²) in [6.07, 6.45) is 5.05. The summed E-state index contributed by atoms with van der Waals surface area (Å²) >= 11 is 0. The number of hydrogen-bond acceptors (Lipinski definition) is 2. The highest BCUT2D eigenvalue weighted by molar-refractivity contribution is 7.37. The molecule has 4 atom stereocenters. The van der Waals surface area contributed by atoms with Gasteiger partial charge in [0.2, 0.25) is 0 Å². The molecule has 1 aliphatic rings. The Morgan fingerprint density at radius 2 is 1.91 bits per heavy atom. The molecule has 0 aliphatic heterocycles. The van der Waals surface area contributed by atoms with Gasteiger partial charge in [0, 0.05) is 17.6 Å². The van der Waals surface area contributed by atoms with Crippen LogP contribution < -0.4 is 11.1 Å². The molecule has 1 aliphatic carbocycles. The molecule has 0 spiro atoms. The number of hydrogen-bond donors (Lipinski definition) is 2. The lowest BCUT2D eigenvalue weighted by atomic mass is 9.91. The van der Waals surface area contributed by atoms with Crippen molar-refractivity contribution < 1.29 is 0 Å². The normalized spacial score (nSPS) is 32.7. The molecular formula is C7H18N2P2. The van der Waals surface area contributed by atoms with Gasteiger partial charge in [-0.15, -0.1) is 18.5 Å². The maximum atomic E-state index is 5.95. The van der Waals surface area contributed by atoms with Crippen molar-refractivity contribution in [3.8, 4) is 0 Å². The Balaban J connectivity index is 2.29. The highest BCUT2D eigenvalue weighted by Crippen LogP contribution is 2.19. The zero-order chi connectivity index (χ0) is 8.27. The van der Waals surface area contributed by atoms with Gasteiger partial charge in [0.25, 0.3) is 0 Å². The molecule has 0 amide bonds. The van der Waals surface area contributed by atoms with Crippen LogP contribution in [0.3, 0.4) is 0 Å². The molecule has 0 aromatic heterocycles. The van der Waals surface area contributed by atoms with E-state index in [4.69, 9.17) is 5.73 Å². The quantitative estimate of drug-likeness (QED) is 0.637. The van der Waals surface area contributed by atoms with Gasteiger partial charge in [-0.2, -0.15) is 0 Å². The van der Waals surface area contributed by atoms with Crippen LogP contribution in [-0.4, -0.2) is 17.6 Å². The van der Waals surface area contributed by atoms with E-state index in [0.29, 0.717) is 17.6 Å². The van der Waals surface area contributed by atoms with E-state index < -0.39 is 0 Å². The van der Waals surface area contributed by atoms with E-state index in [1.165, 1.54) is 25.7 Å². The second-order valence-electron chi connectivity index (χ2n) is 3.25. The molecule has 0 heterocycles. The highest BCUT2D eigenvalue weighted by Gasteiger charge is 2.21. The molecule has 0 bridgehead atoms. The smallest absolute Gasteiger partial charge is 0.0354 e. The molecule has 4 heteroatoms. The van der Waals surface area contributed by atoms with Crippen molar-refractivity contribution >= 4 is 18.5 Å². The van der Waals surface area contributed by atoms with E-state index in [1.54, 1.807) is 0 Å². The van der Waals surface area contributed by atoms with Crippen LogP contribution in [0.2, 0.25) is 0 Å². The van der Waals surface area contributed by atoms with Crippen molar-refractivity contribution in [1.29, 1.82) is 0 Å². The third-order valence-corrected chi connectivity index (χ3v) is 2.61. The molecule has 11 heavy (non-hydrogen) atoms. The minimum atomic E-state index is 0.368. The zero-order valence-corrected chi connectivity index (χ0v) is 9.10. The summed E-state index contributed by atoms with van der Waals surface area (Å²) in [5, 5.41) is 3.43. The predicted molar refractivity (Wildman–Crippen MR) is 56.6 cm³/mol. The fourth-order valence-corrected chi connectivity index (χ4v) is 2.11. The Bertz CT molecular complexity index is 119. The van der Waals surface area contributed by atoms with Crippen LogP contribution in [0.4, 0.5) is 0 Å². The monoisotopic (exact) mass is 192 g/mol. The average molecular weight is 192 g/mol. The molecule has 2 nitrogen and oxygen atoms in total. The van der Waals surface area contributed by atoms with Gasteiger partial charge in [-0.05, 0) is 12.8 Å². The molecule has 3 N–H and O–H groups in total. The molecule has 0 radical (unpaired) electrons. The van der Waals surface area contributed by atoms with E-state index in [2.05, 4.69) is 23.8 Å². The Morgan fingerprint density at radius 3 is 2.45 bits per heavy atom. The van der Waals surface area contributed by atoms with Crippen LogP contribution in [0.1, 0.15) is 25.7 Å². The van der Waals surface area contributed by atoms with E-state index in [-0.39, 0.29) is 0 Å². The largest absolute Gasteiger partial charge is 0.326 e. The lowest BCUT2D eigenvalue weighted by Crippen LogP contribution is -2.48. The van der Waals surface area contributed by atoms with Crippen molar-refractivity contribution in [3.63, 3.8) is 0 Å². The first-order valence-electron chi connectivity index (χ1n) is 4.23. The van der Waals surface area contributed by atoms with Gasteiger partial charge in [0.05, 0.1) is 0 Å². The van der Waals surface area contributed by atoms with Gasteiger partial charge >= 0.3 is 0 Å². The molecular weight excluding hydrogens is 174 g/mol. The fourth-order valence-electron chi connectivity index (χ4n) is 1.61. The van der Waals surface area contributed by atoms with Crippen molar-refractivity contribution in [3.05, 3.63) is 0 Å². The second kappa shape index (κ2) is 4.72. The highest BCUT2D eigenvalue weighted by atomic mass is 31.1. The van der Waals surface area contributed by atoms with Crippen molar-refractivity contribution in [2.45, 2.75) is 43.3 Å². The van der Waals surface area contributed by atoms with Gasteiger partial charge in [0.1, 0.15) is 0 Å². The molecule has 1 fully saturated rings. The Morgan fingerprint density at radius 1 is 1.27 bits per heavy atom. The molecule has 1 saturated carbocycles. The van der Waals surface area contributed by atoms with E-state index in [1.807, 2.05) is 0 Å². The topological polar surface area (TPSA) is 38.0 Å². The Labute approximate surface area is 73.5 Å². The number of nitrogens with two attached hydrogens (primary N) is 1. The minimum Gasteiger partial charge on any atom is -0.326 e. The molecule has 66 valence electrons. The third kappa shape index (κ3) is 3.34. The predicted octanol–water partition coefficient (Wildman–Crippen LogP) is 0.880. The summed E-state index contributed by atoms with van der Waals surface area (Å²) in [6, 6.07) is 0.899. The number of nitrogens with one attached hydrogen (secondary N) is 1. The zero-order valence-electron chi connectivity index (χ0n) is 6.79. The first kappa shape index (κ1) is 9.86. The lowest BCUT2D eigenvalue weighted by Gasteiger charge is -2.30. The Kier molecular flexibility index (Phi) is 4.23. The van der Waals surface area contributed by atoms with E-state index in [0.717, 1.165) is 0 Å². The minimum absolute atomic E-state index is 0.368. The van der Waals surface area contributed by atoms with Gasteiger partial charge in [-0.1, -0.05) is 12.8 Å². The van der Waals surface area contributed by atoms with Crippen LogP contribution in [0, 0.1) is 0 Å². The van der Waals surface area contributed by atoms with Crippen LogP contribution in [0.25, 0.3) is 0 Å². The van der Waals surface area contributed by atoms with Crippen molar-refractivity contribution in [1.82, 2.24) is 5.32 Å². The maximum Gasteiger partial charge on any atom is 0.0354 e. The van der Waals surface area contributed by atoms with E-state index in [9.17, 15) is 0 Å². The summed E-state index contributed by atoms with van der Waals surface area (Å²) in [6.45, 7) is 0. The summed E-state index contributed by atoms with van der Waals surface area (Å²) in [5.74, 6) is 0. The molecule has 4 unspecified atom stereocenters. The summed E-state index contributed by atoms with van der Waals surface area (Å²) in [5.41, 5.74) is 6.35. The second-order valence-corrected chi connectivity index (χ2v) is 5.45.